The van der Waals surface area contributed by atoms with Crippen molar-refractivity contribution in [3.05, 3.63) is 24.2 Å². The molecule has 0 spiro atoms. The Morgan fingerprint density at radius 1 is 1.60 bits per heavy atom. The Hall–Kier alpha value is -0.450. The molecule has 0 radical (unpaired) electrons. The predicted octanol–water partition coefficient (Wildman–Crippen LogP) is 1.61. The highest BCUT2D eigenvalue weighted by Crippen LogP contribution is 2.39. The minimum absolute atomic E-state index is 0.0861. The fourth-order valence-corrected chi connectivity index (χ4v) is 2.86. The van der Waals surface area contributed by atoms with Crippen molar-refractivity contribution in [2.75, 3.05) is 12.4 Å². The molecule has 0 amide bonds. The van der Waals surface area contributed by atoms with E-state index in [1.807, 2.05) is 12.1 Å². The number of hydrogen-bond acceptors (Lipinski definition) is 4. The summed E-state index contributed by atoms with van der Waals surface area (Å²) in [6.07, 6.45) is 4.01. The molecular weight excluding hydrogens is 210 g/mol. The smallest absolute Gasteiger partial charge is 0.113 e. The van der Waals surface area contributed by atoms with Gasteiger partial charge in [0.15, 0.2) is 0 Å². The lowest BCUT2D eigenvalue weighted by atomic mass is 9.99. The van der Waals surface area contributed by atoms with Gasteiger partial charge in [-0.05, 0) is 30.9 Å². The second-order valence-electron chi connectivity index (χ2n) is 4.24. The largest absolute Gasteiger partial charge is 0.468 e. The van der Waals surface area contributed by atoms with Crippen molar-refractivity contribution >= 4 is 11.8 Å². The number of furan rings is 1. The lowest BCUT2D eigenvalue weighted by Crippen LogP contribution is -2.48. The standard InChI is InChI=1S/C11H17NO2S/c12-11(7-13,9-3-4-9)8-15-6-10-2-1-5-14-10/h1-2,5,9,13H,3-4,6-8,12H2. The van der Waals surface area contributed by atoms with Crippen molar-refractivity contribution in [2.45, 2.75) is 24.1 Å². The van der Waals surface area contributed by atoms with Gasteiger partial charge in [-0.1, -0.05) is 0 Å². The molecule has 1 aliphatic carbocycles. The fourth-order valence-electron chi connectivity index (χ4n) is 1.69. The Bertz CT molecular complexity index is 298. The van der Waals surface area contributed by atoms with Gasteiger partial charge in [0, 0.05) is 5.75 Å². The monoisotopic (exact) mass is 227 g/mol. The number of aliphatic hydroxyl groups excluding tert-OH is 1. The zero-order valence-electron chi connectivity index (χ0n) is 8.69. The molecule has 1 aromatic rings. The summed E-state index contributed by atoms with van der Waals surface area (Å²) in [6.45, 7) is 0.0861. The van der Waals surface area contributed by atoms with Crippen LogP contribution in [0.2, 0.25) is 0 Å². The highest BCUT2D eigenvalue weighted by atomic mass is 32.2. The van der Waals surface area contributed by atoms with Gasteiger partial charge in [0.1, 0.15) is 5.76 Å². The second kappa shape index (κ2) is 4.60. The molecule has 0 saturated heterocycles. The average molecular weight is 227 g/mol. The topological polar surface area (TPSA) is 59.4 Å². The summed E-state index contributed by atoms with van der Waals surface area (Å²) in [5.41, 5.74) is 5.76. The van der Waals surface area contributed by atoms with Crippen LogP contribution in [-0.4, -0.2) is 23.0 Å². The molecule has 15 heavy (non-hydrogen) atoms. The Balaban J connectivity index is 1.76. The van der Waals surface area contributed by atoms with E-state index in [2.05, 4.69) is 0 Å². The normalized spacial score (nSPS) is 20.1. The third-order valence-corrected chi connectivity index (χ3v) is 4.11. The minimum atomic E-state index is -0.378. The molecule has 1 heterocycles. The van der Waals surface area contributed by atoms with Gasteiger partial charge >= 0.3 is 0 Å². The van der Waals surface area contributed by atoms with Crippen molar-refractivity contribution in [3.8, 4) is 0 Å². The molecule has 0 bridgehead atoms. The molecule has 4 heteroatoms. The Kier molecular flexibility index (Phi) is 3.38. The molecule has 1 aromatic heterocycles. The molecule has 1 saturated carbocycles. The van der Waals surface area contributed by atoms with Crippen LogP contribution in [0.1, 0.15) is 18.6 Å². The van der Waals surface area contributed by atoms with Gasteiger partial charge in [0.05, 0.1) is 24.2 Å². The molecule has 1 aliphatic rings. The second-order valence-corrected chi connectivity index (χ2v) is 5.22. The summed E-state index contributed by atoms with van der Waals surface area (Å²) < 4.78 is 5.23. The fraction of sp³-hybridized carbons (Fsp3) is 0.636. The Labute approximate surface area is 94.0 Å². The number of rotatable bonds is 6. The van der Waals surface area contributed by atoms with E-state index in [0.717, 1.165) is 17.3 Å². The first-order valence-corrected chi connectivity index (χ1v) is 6.40. The number of nitrogens with two attached hydrogens (primary N) is 1. The van der Waals surface area contributed by atoms with E-state index in [-0.39, 0.29) is 12.1 Å². The molecule has 1 unspecified atom stereocenters. The third-order valence-electron chi connectivity index (χ3n) is 2.88. The zero-order chi connectivity index (χ0) is 10.7. The maximum atomic E-state index is 9.29. The van der Waals surface area contributed by atoms with Gasteiger partial charge in [0.25, 0.3) is 0 Å². The van der Waals surface area contributed by atoms with E-state index in [4.69, 9.17) is 10.2 Å². The lowest BCUT2D eigenvalue weighted by molar-refractivity contribution is 0.194. The molecule has 1 atom stereocenters. The molecule has 3 nitrogen and oxygen atoms in total. The van der Waals surface area contributed by atoms with E-state index in [1.165, 1.54) is 12.8 Å². The van der Waals surface area contributed by atoms with Gasteiger partial charge < -0.3 is 15.3 Å². The molecule has 3 N–H and O–H groups in total. The van der Waals surface area contributed by atoms with Crippen molar-refractivity contribution in [1.29, 1.82) is 0 Å². The van der Waals surface area contributed by atoms with Crippen LogP contribution >= 0.6 is 11.8 Å². The Morgan fingerprint density at radius 2 is 2.40 bits per heavy atom. The van der Waals surface area contributed by atoms with Gasteiger partial charge in [-0.25, -0.2) is 0 Å². The molecular formula is C11H17NO2S. The van der Waals surface area contributed by atoms with Crippen LogP contribution in [0.5, 0.6) is 0 Å². The van der Waals surface area contributed by atoms with Crippen LogP contribution in [-0.2, 0) is 5.75 Å². The summed E-state index contributed by atoms with van der Waals surface area (Å²) in [5, 5.41) is 9.29. The molecule has 2 rings (SSSR count). The van der Waals surface area contributed by atoms with Crippen molar-refractivity contribution in [1.82, 2.24) is 0 Å². The van der Waals surface area contributed by atoms with E-state index >= 15 is 0 Å². The lowest BCUT2D eigenvalue weighted by Gasteiger charge is -2.26. The third kappa shape index (κ3) is 2.77. The van der Waals surface area contributed by atoms with Gasteiger partial charge in [-0.15, -0.1) is 0 Å². The van der Waals surface area contributed by atoms with Crippen LogP contribution in [0.25, 0.3) is 0 Å². The van der Waals surface area contributed by atoms with Crippen molar-refractivity contribution in [2.24, 2.45) is 11.7 Å². The summed E-state index contributed by atoms with van der Waals surface area (Å²) in [7, 11) is 0. The van der Waals surface area contributed by atoms with Crippen LogP contribution in [0.4, 0.5) is 0 Å². The number of thioether (sulfide) groups is 1. The number of hydrogen-bond donors (Lipinski definition) is 2. The first-order valence-electron chi connectivity index (χ1n) is 5.24. The van der Waals surface area contributed by atoms with Gasteiger partial charge in [-0.3, -0.25) is 0 Å². The van der Waals surface area contributed by atoms with E-state index in [1.54, 1.807) is 18.0 Å². The Morgan fingerprint density at radius 3 is 2.93 bits per heavy atom. The summed E-state index contributed by atoms with van der Waals surface area (Å²) in [5.74, 6) is 3.12. The first kappa shape index (κ1) is 11.0. The van der Waals surface area contributed by atoms with Crippen molar-refractivity contribution in [3.63, 3.8) is 0 Å². The van der Waals surface area contributed by atoms with Gasteiger partial charge in [0.2, 0.25) is 0 Å². The number of aliphatic hydroxyl groups is 1. The first-order chi connectivity index (χ1) is 7.24. The zero-order valence-corrected chi connectivity index (χ0v) is 9.50. The molecule has 0 aromatic carbocycles. The van der Waals surface area contributed by atoms with Crippen LogP contribution in [0.3, 0.4) is 0 Å². The van der Waals surface area contributed by atoms with Crippen LogP contribution < -0.4 is 5.73 Å². The minimum Gasteiger partial charge on any atom is -0.468 e. The van der Waals surface area contributed by atoms with E-state index in [9.17, 15) is 5.11 Å². The van der Waals surface area contributed by atoms with Gasteiger partial charge in [-0.2, -0.15) is 11.8 Å². The quantitative estimate of drug-likeness (QED) is 0.775. The summed E-state index contributed by atoms with van der Waals surface area (Å²) >= 11 is 1.73. The predicted molar refractivity (Wildman–Crippen MR) is 61.6 cm³/mol. The SMILES string of the molecule is NC(CO)(CSCc1ccco1)C1CC1. The highest BCUT2D eigenvalue weighted by Gasteiger charge is 2.41. The highest BCUT2D eigenvalue weighted by molar-refractivity contribution is 7.98. The molecule has 84 valence electrons. The maximum Gasteiger partial charge on any atom is 0.113 e. The molecule has 0 aliphatic heterocycles. The van der Waals surface area contributed by atoms with E-state index in [0.29, 0.717) is 5.92 Å². The maximum absolute atomic E-state index is 9.29. The van der Waals surface area contributed by atoms with Crippen molar-refractivity contribution < 1.29 is 9.52 Å². The van der Waals surface area contributed by atoms with E-state index < -0.39 is 0 Å². The average Bonchev–Trinajstić information content (AvgIpc) is 2.98. The van der Waals surface area contributed by atoms with Crippen LogP contribution in [0.15, 0.2) is 22.8 Å². The summed E-state index contributed by atoms with van der Waals surface area (Å²) in [6, 6.07) is 3.85. The van der Waals surface area contributed by atoms with Crippen LogP contribution in [0, 0.1) is 5.92 Å². The summed E-state index contributed by atoms with van der Waals surface area (Å²) in [4.78, 5) is 0. The molecule has 1 fully saturated rings.